The van der Waals surface area contributed by atoms with Crippen molar-refractivity contribution in [2.75, 3.05) is 9.80 Å². The van der Waals surface area contributed by atoms with Crippen LogP contribution in [0.5, 0.6) is 0 Å². The van der Waals surface area contributed by atoms with Crippen LogP contribution in [-0.2, 0) is 13.1 Å². The van der Waals surface area contributed by atoms with Crippen molar-refractivity contribution >= 4 is 68.2 Å². The van der Waals surface area contributed by atoms with Crippen LogP contribution in [0.15, 0.2) is 108 Å². The Morgan fingerprint density at radius 2 is 0.980 bits per heavy atom. The second-order valence-corrected chi connectivity index (χ2v) is 11.9. The van der Waals surface area contributed by atoms with Gasteiger partial charge in [0.05, 0.1) is 49.8 Å². The van der Waals surface area contributed by atoms with Gasteiger partial charge in [0.1, 0.15) is 17.5 Å². The second kappa shape index (κ2) is 11.0. The predicted molar refractivity (Wildman–Crippen MR) is 186 cm³/mol. The maximum Gasteiger partial charge on any atom is 0.218 e. The second-order valence-electron chi connectivity index (χ2n) is 11.9. The molecule has 0 bridgehead atoms. The number of ketones is 2. The molecule has 4 heterocycles. The van der Waals surface area contributed by atoms with Crippen LogP contribution >= 0.6 is 0 Å². The van der Waals surface area contributed by atoms with Crippen molar-refractivity contribution < 1.29 is 18.4 Å². The molecule has 244 valence electrons. The molecule has 2 aliphatic rings. The van der Waals surface area contributed by atoms with Crippen molar-refractivity contribution in [3.63, 3.8) is 0 Å². The molecule has 0 atom stereocenters. The average molecular weight is 665 g/mol. The quantitative estimate of drug-likeness (QED) is 0.136. The summed E-state index contributed by atoms with van der Waals surface area (Å²) in [5, 5.41) is 0. The number of Topliss-reactive ketones (excluding diaryl/α,β-unsaturated/α-hetero) is 2. The molecule has 3 aromatic heterocycles. The third kappa shape index (κ3) is 4.11. The molecule has 7 aromatic rings. The summed E-state index contributed by atoms with van der Waals surface area (Å²) in [6.07, 6.45) is 2.88. The Hall–Kier alpha value is -6.56. The molecule has 0 saturated carbocycles. The van der Waals surface area contributed by atoms with Crippen molar-refractivity contribution in [2.45, 2.75) is 26.9 Å². The zero-order valence-corrected chi connectivity index (χ0v) is 26.8. The largest absolute Gasteiger partial charge is 0.310 e. The van der Waals surface area contributed by atoms with Gasteiger partial charge in [0.15, 0.2) is 11.6 Å². The average Bonchev–Trinajstić information content (AvgIpc) is 3.85. The van der Waals surface area contributed by atoms with Crippen molar-refractivity contribution in [1.29, 1.82) is 0 Å². The van der Waals surface area contributed by atoms with Crippen molar-refractivity contribution in [1.82, 2.24) is 29.1 Å². The molecule has 0 fully saturated rings. The molecule has 50 heavy (non-hydrogen) atoms. The molecule has 1 aliphatic heterocycles. The minimum absolute atomic E-state index is 0.369. The first-order valence-electron chi connectivity index (χ1n) is 16.2. The van der Waals surface area contributed by atoms with Gasteiger partial charge in [-0.2, -0.15) is 0 Å². The predicted octanol–water partition coefficient (Wildman–Crippen LogP) is 7.78. The lowest BCUT2D eigenvalue weighted by atomic mass is 10.1. The number of halogens is 2. The monoisotopic (exact) mass is 664 g/mol. The number of carbonyl (C=O) groups is 2. The molecule has 0 radical (unpaired) electrons. The van der Waals surface area contributed by atoms with E-state index in [2.05, 4.69) is 0 Å². The molecule has 1 aliphatic carbocycles. The molecule has 0 amide bonds. The summed E-state index contributed by atoms with van der Waals surface area (Å²) in [6.45, 7) is 5.12. The standard InChI is InChI=1S/C38H26F2N8O2/c1-3-45-28-15-9-7-13-26(28)43-37(45)47-30(20-17-21-33(49)31-22(39)18-19-23(40)32(31)34(21)50)48(36-35(47)41-24-11-5-6-12-25(24)42-36)38-44-27-14-8-10-16-29(27)46(38)4-2/h5-20H,3-4H2,1-2H3. The normalized spacial score (nSPS) is 14.1. The Labute approximate surface area is 283 Å². The molecule has 0 saturated heterocycles. The molecule has 0 N–H and O–H groups in total. The van der Waals surface area contributed by atoms with E-state index < -0.39 is 34.3 Å². The lowest BCUT2D eigenvalue weighted by Crippen LogP contribution is -2.26. The fraction of sp³-hybridized carbons (Fsp3) is 0.105. The van der Waals surface area contributed by atoms with E-state index in [4.69, 9.17) is 19.9 Å². The minimum Gasteiger partial charge on any atom is -0.310 e. The fourth-order valence-electron chi connectivity index (χ4n) is 6.91. The van der Waals surface area contributed by atoms with Crippen molar-refractivity contribution in [3.05, 3.63) is 131 Å². The van der Waals surface area contributed by atoms with Gasteiger partial charge in [-0.05, 0) is 74.5 Å². The van der Waals surface area contributed by atoms with E-state index in [0.717, 1.165) is 34.2 Å². The number of aryl methyl sites for hydroxylation is 2. The van der Waals surface area contributed by atoms with E-state index >= 15 is 0 Å². The van der Waals surface area contributed by atoms with E-state index in [9.17, 15) is 18.4 Å². The highest BCUT2D eigenvalue weighted by atomic mass is 19.1. The third-order valence-electron chi connectivity index (χ3n) is 9.16. The van der Waals surface area contributed by atoms with Gasteiger partial charge in [-0.15, -0.1) is 0 Å². The number of rotatable bonds is 5. The molecule has 10 nitrogen and oxygen atoms in total. The number of aromatic nitrogens is 6. The van der Waals surface area contributed by atoms with Crippen LogP contribution in [0.2, 0.25) is 0 Å². The van der Waals surface area contributed by atoms with Crippen LogP contribution in [0, 0.1) is 11.6 Å². The minimum atomic E-state index is -0.958. The lowest BCUT2D eigenvalue weighted by Gasteiger charge is -2.24. The Kier molecular flexibility index (Phi) is 6.50. The van der Waals surface area contributed by atoms with E-state index in [1.54, 1.807) is 6.08 Å². The molecule has 9 rings (SSSR count). The molecule has 4 aromatic carbocycles. The highest BCUT2D eigenvalue weighted by Gasteiger charge is 2.42. The number of nitrogens with zero attached hydrogens (tertiary/aromatic N) is 8. The Morgan fingerprint density at radius 3 is 1.42 bits per heavy atom. The summed E-state index contributed by atoms with van der Waals surface area (Å²) in [7, 11) is 0. The SMILES string of the molecule is CCn1c(N2C(=CC=C3C(=O)c4c(F)ccc(F)c4C3=O)N(c3nc4ccccc4n3CC)c3nc4ccccc4nc32)nc2ccccc21. The zero-order chi connectivity index (χ0) is 34.3. The lowest BCUT2D eigenvalue weighted by molar-refractivity contribution is 0.0987. The molecule has 0 unspecified atom stereocenters. The van der Waals surface area contributed by atoms with Gasteiger partial charge >= 0.3 is 0 Å². The molecular weight excluding hydrogens is 638 g/mol. The van der Waals surface area contributed by atoms with Gasteiger partial charge < -0.3 is 9.13 Å². The maximum atomic E-state index is 14.8. The Bertz CT molecular complexity index is 2500. The van der Waals surface area contributed by atoms with Gasteiger partial charge in [0, 0.05) is 13.1 Å². The van der Waals surface area contributed by atoms with E-state index in [1.165, 1.54) is 6.08 Å². The number of carbonyl (C=O) groups excluding carboxylic acids is 2. The Morgan fingerprint density at radius 1 is 0.560 bits per heavy atom. The Balaban J connectivity index is 1.36. The van der Waals surface area contributed by atoms with Gasteiger partial charge in [-0.3, -0.25) is 9.59 Å². The number of hydrogen-bond donors (Lipinski definition) is 0. The highest BCUT2D eigenvalue weighted by molar-refractivity contribution is 6.39. The number of benzene rings is 4. The van der Waals surface area contributed by atoms with Crippen LogP contribution in [0.1, 0.15) is 34.6 Å². The number of anilines is 4. The van der Waals surface area contributed by atoms with Crippen LogP contribution < -0.4 is 9.80 Å². The summed E-state index contributed by atoms with van der Waals surface area (Å²) in [4.78, 5) is 50.9. The summed E-state index contributed by atoms with van der Waals surface area (Å²) in [5.74, 6) is -1.40. The maximum absolute atomic E-state index is 14.8. The van der Waals surface area contributed by atoms with E-state index in [0.29, 0.717) is 53.5 Å². The number of hydrogen-bond acceptors (Lipinski definition) is 8. The zero-order valence-electron chi connectivity index (χ0n) is 26.8. The summed E-state index contributed by atoms with van der Waals surface area (Å²) < 4.78 is 33.7. The van der Waals surface area contributed by atoms with Gasteiger partial charge in [-0.1, -0.05) is 36.4 Å². The fourth-order valence-corrected chi connectivity index (χ4v) is 6.91. The van der Waals surface area contributed by atoms with Crippen LogP contribution in [0.4, 0.5) is 32.3 Å². The smallest absolute Gasteiger partial charge is 0.218 e. The first kappa shape index (κ1) is 29.6. The number of imidazole rings is 2. The third-order valence-corrected chi connectivity index (χ3v) is 9.16. The number of para-hydroxylation sites is 6. The first-order chi connectivity index (χ1) is 24.4. The topological polar surface area (TPSA) is 102 Å². The first-order valence-corrected chi connectivity index (χ1v) is 16.2. The van der Waals surface area contributed by atoms with Crippen LogP contribution in [0.25, 0.3) is 33.1 Å². The summed E-state index contributed by atoms with van der Waals surface area (Å²) in [6, 6.07) is 24.7. The highest BCUT2D eigenvalue weighted by Crippen LogP contribution is 2.49. The molecular formula is C38H26F2N8O2. The molecule has 12 heteroatoms. The van der Waals surface area contributed by atoms with Crippen LogP contribution in [-0.4, -0.2) is 40.6 Å². The van der Waals surface area contributed by atoms with Crippen LogP contribution in [0.3, 0.4) is 0 Å². The number of fused-ring (bicyclic) bond motifs is 5. The van der Waals surface area contributed by atoms with Gasteiger partial charge in [0.25, 0.3) is 0 Å². The van der Waals surface area contributed by atoms with E-state index in [1.807, 2.05) is 106 Å². The van der Waals surface area contributed by atoms with Gasteiger partial charge in [0.2, 0.25) is 23.5 Å². The summed E-state index contributed by atoms with van der Waals surface area (Å²) in [5.41, 5.74) is 3.05. The van der Waals surface area contributed by atoms with Gasteiger partial charge in [-0.25, -0.2) is 38.5 Å². The molecule has 0 spiro atoms. The van der Waals surface area contributed by atoms with Crippen molar-refractivity contribution in [2.24, 2.45) is 0 Å². The van der Waals surface area contributed by atoms with E-state index in [-0.39, 0.29) is 5.57 Å². The number of allylic oxidation sites excluding steroid dienone is 3. The van der Waals surface area contributed by atoms with Crippen molar-refractivity contribution in [3.8, 4) is 0 Å². The summed E-state index contributed by atoms with van der Waals surface area (Å²) >= 11 is 0.